The molecule has 0 saturated carbocycles. The number of nitrogens with one attached hydrogen (secondary N) is 1. The van der Waals surface area contributed by atoms with Crippen molar-refractivity contribution in [3.05, 3.63) is 90.4 Å². The number of aromatic nitrogens is 2. The molecule has 0 aliphatic heterocycles. The standard InChI is InChI=1S/C18H13BrClN3O3/c1-22(15-6-5-12(19)10-14(15)20)18(26)11-3-2-4-13(9-11)23-17(25)8-7-16(24)21-23/h2-10H,1H3,(H,21,24). The predicted molar refractivity (Wildman–Crippen MR) is 105 cm³/mol. The van der Waals surface area contributed by atoms with Crippen LogP contribution in [-0.2, 0) is 0 Å². The molecule has 0 aliphatic carbocycles. The molecule has 0 unspecified atom stereocenters. The first kappa shape index (κ1) is 18.2. The molecule has 3 rings (SSSR count). The Kier molecular flexibility index (Phi) is 5.11. The first-order valence-corrected chi connectivity index (χ1v) is 8.70. The highest BCUT2D eigenvalue weighted by molar-refractivity contribution is 9.10. The lowest BCUT2D eigenvalue weighted by Gasteiger charge is -2.19. The van der Waals surface area contributed by atoms with Crippen LogP contribution in [0.5, 0.6) is 0 Å². The summed E-state index contributed by atoms with van der Waals surface area (Å²) in [5.41, 5.74) is 0.462. The van der Waals surface area contributed by atoms with Crippen LogP contribution < -0.4 is 16.0 Å². The fourth-order valence-corrected chi connectivity index (χ4v) is 3.25. The van der Waals surface area contributed by atoms with Gasteiger partial charge in [-0.05, 0) is 36.4 Å². The van der Waals surface area contributed by atoms with Crippen LogP contribution in [0, 0.1) is 0 Å². The normalized spacial score (nSPS) is 10.6. The Morgan fingerprint density at radius 2 is 1.88 bits per heavy atom. The number of halogens is 2. The van der Waals surface area contributed by atoms with Gasteiger partial charge in [-0.3, -0.25) is 19.5 Å². The second-order valence-electron chi connectivity index (χ2n) is 5.49. The third-order valence-corrected chi connectivity index (χ3v) is 4.54. The van der Waals surface area contributed by atoms with Crippen LogP contribution in [0.4, 0.5) is 5.69 Å². The van der Waals surface area contributed by atoms with E-state index in [1.54, 1.807) is 43.4 Å². The molecule has 0 spiro atoms. The number of aromatic amines is 1. The molecule has 1 N–H and O–H groups in total. The molecule has 2 aromatic carbocycles. The lowest BCUT2D eigenvalue weighted by Crippen LogP contribution is -2.28. The fourth-order valence-electron chi connectivity index (χ4n) is 2.45. The van der Waals surface area contributed by atoms with Crippen LogP contribution in [0.2, 0.25) is 5.02 Å². The van der Waals surface area contributed by atoms with Crippen molar-refractivity contribution in [1.82, 2.24) is 9.78 Å². The van der Waals surface area contributed by atoms with Gasteiger partial charge in [-0.1, -0.05) is 33.6 Å². The summed E-state index contributed by atoms with van der Waals surface area (Å²) >= 11 is 9.54. The maximum atomic E-state index is 12.8. The Morgan fingerprint density at radius 1 is 1.12 bits per heavy atom. The molecule has 3 aromatic rings. The topological polar surface area (TPSA) is 75.2 Å². The first-order chi connectivity index (χ1) is 12.4. The van der Waals surface area contributed by atoms with Gasteiger partial charge < -0.3 is 4.90 Å². The molecule has 0 aliphatic rings. The van der Waals surface area contributed by atoms with Gasteiger partial charge >= 0.3 is 0 Å². The minimum Gasteiger partial charge on any atom is -0.310 e. The van der Waals surface area contributed by atoms with E-state index in [2.05, 4.69) is 21.0 Å². The number of nitrogens with zero attached hydrogens (tertiary/aromatic N) is 2. The zero-order valence-electron chi connectivity index (χ0n) is 13.6. The highest BCUT2D eigenvalue weighted by atomic mass is 79.9. The van der Waals surface area contributed by atoms with Crippen molar-refractivity contribution < 1.29 is 4.79 Å². The van der Waals surface area contributed by atoms with E-state index in [9.17, 15) is 14.4 Å². The van der Waals surface area contributed by atoms with E-state index in [0.717, 1.165) is 15.2 Å². The van der Waals surface area contributed by atoms with E-state index in [0.29, 0.717) is 22.0 Å². The van der Waals surface area contributed by atoms with Gasteiger partial charge in [-0.2, -0.15) is 0 Å². The molecule has 1 heterocycles. The van der Waals surface area contributed by atoms with Crippen LogP contribution in [0.1, 0.15) is 10.4 Å². The van der Waals surface area contributed by atoms with Crippen molar-refractivity contribution in [3.8, 4) is 5.69 Å². The second kappa shape index (κ2) is 7.31. The summed E-state index contributed by atoms with van der Waals surface area (Å²) in [6.45, 7) is 0. The molecule has 0 radical (unpaired) electrons. The van der Waals surface area contributed by atoms with Crippen molar-refractivity contribution in [2.24, 2.45) is 0 Å². The van der Waals surface area contributed by atoms with Gasteiger partial charge in [0.15, 0.2) is 0 Å². The van der Waals surface area contributed by atoms with Gasteiger partial charge in [0.05, 0.1) is 16.4 Å². The van der Waals surface area contributed by atoms with Crippen molar-refractivity contribution in [1.29, 1.82) is 0 Å². The summed E-state index contributed by atoms with van der Waals surface area (Å²) in [6, 6.07) is 14.0. The number of carbonyl (C=O) groups is 1. The molecule has 0 bridgehead atoms. The van der Waals surface area contributed by atoms with Crippen LogP contribution in [0.15, 0.2) is 68.7 Å². The quantitative estimate of drug-likeness (QED) is 0.688. The second-order valence-corrected chi connectivity index (χ2v) is 6.82. The zero-order chi connectivity index (χ0) is 18.8. The SMILES string of the molecule is CN(C(=O)c1cccc(-n2[nH]c(=O)ccc2=O)c1)c1ccc(Br)cc1Cl. The third kappa shape index (κ3) is 3.63. The molecule has 0 fully saturated rings. The van der Waals surface area contributed by atoms with E-state index in [4.69, 9.17) is 11.6 Å². The average Bonchev–Trinajstić information content (AvgIpc) is 2.62. The van der Waals surface area contributed by atoms with Gasteiger partial charge in [-0.25, -0.2) is 4.68 Å². The van der Waals surface area contributed by atoms with E-state index in [1.807, 2.05) is 0 Å². The molecule has 1 amide bonds. The van der Waals surface area contributed by atoms with Gasteiger partial charge in [0.2, 0.25) is 0 Å². The van der Waals surface area contributed by atoms with Gasteiger partial charge in [0, 0.05) is 29.2 Å². The van der Waals surface area contributed by atoms with Crippen molar-refractivity contribution in [2.45, 2.75) is 0 Å². The Hall–Kier alpha value is -2.64. The number of hydrogen-bond donors (Lipinski definition) is 1. The minimum absolute atomic E-state index is 0.303. The molecular formula is C18H13BrClN3O3. The molecule has 6 nitrogen and oxygen atoms in total. The molecule has 0 atom stereocenters. The first-order valence-electron chi connectivity index (χ1n) is 7.53. The molecule has 26 heavy (non-hydrogen) atoms. The van der Waals surface area contributed by atoms with E-state index < -0.39 is 11.1 Å². The molecule has 132 valence electrons. The highest BCUT2D eigenvalue weighted by Crippen LogP contribution is 2.29. The number of anilines is 1. The van der Waals surface area contributed by atoms with E-state index in [-0.39, 0.29) is 5.91 Å². The Labute approximate surface area is 161 Å². The van der Waals surface area contributed by atoms with E-state index >= 15 is 0 Å². The number of hydrogen-bond acceptors (Lipinski definition) is 3. The molecule has 8 heteroatoms. The van der Waals surface area contributed by atoms with E-state index in [1.165, 1.54) is 17.0 Å². The number of H-pyrrole nitrogens is 1. The van der Waals surface area contributed by atoms with Crippen LogP contribution in [-0.4, -0.2) is 22.7 Å². The highest BCUT2D eigenvalue weighted by Gasteiger charge is 2.17. The summed E-state index contributed by atoms with van der Waals surface area (Å²) in [4.78, 5) is 37.7. The van der Waals surface area contributed by atoms with Gasteiger partial charge in [0.25, 0.3) is 17.0 Å². The van der Waals surface area contributed by atoms with Crippen LogP contribution >= 0.6 is 27.5 Å². The maximum absolute atomic E-state index is 12.8. The number of carbonyl (C=O) groups excluding carboxylic acids is 1. The number of amides is 1. The number of rotatable bonds is 3. The zero-order valence-corrected chi connectivity index (χ0v) is 15.9. The van der Waals surface area contributed by atoms with Crippen molar-refractivity contribution in [3.63, 3.8) is 0 Å². The summed E-state index contributed by atoms with van der Waals surface area (Å²) in [5.74, 6) is -0.303. The lowest BCUT2D eigenvalue weighted by atomic mass is 10.1. The Bertz CT molecular complexity index is 1110. The molecule has 1 aromatic heterocycles. The Balaban J connectivity index is 1.99. The molecular weight excluding hydrogens is 422 g/mol. The smallest absolute Gasteiger partial charge is 0.269 e. The summed E-state index contributed by atoms with van der Waals surface area (Å²) in [6.07, 6.45) is 0. The summed E-state index contributed by atoms with van der Waals surface area (Å²) in [7, 11) is 1.61. The average molecular weight is 435 g/mol. The van der Waals surface area contributed by atoms with Crippen molar-refractivity contribution in [2.75, 3.05) is 11.9 Å². The Morgan fingerprint density at radius 3 is 2.62 bits per heavy atom. The summed E-state index contributed by atoms with van der Waals surface area (Å²) in [5, 5.41) is 2.86. The monoisotopic (exact) mass is 433 g/mol. The van der Waals surface area contributed by atoms with Gasteiger partial charge in [-0.15, -0.1) is 0 Å². The summed E-state index contributed by atoms with van der Waals surface area (Å²) < 4.78 is 1.90. The van der Waals surface area contributed by atoms with Crippen LogP contribution in [0.3, 0.4) is 0 Å². The largest absolute Gasteiger partial charge is 0.310 e. The third-order valence-electron chi connectivity index (χ3n) is 3.75. The van der Waals surface area contributed by atoms with Crippen molar-refractivity contribution >= 4 is 39.1 Å². The fraction of sp³-hybridized carbons (Fsp3) is 0.0556. The molecule has 0 saturated heterocycles. The lowest BCUT2D eigenvalue weighted by molar-refractivity contribution is 0.0993. The van der Waals surface area contributed by atoms with Crippen LogP contribution in [0.25, 0.3) is 5.69 Å². The predicted octanol–water partition coefficient (Wildman–Crippen LogP) is 3.22. The number of benzene rings is 2. The maximum Gasteiger partial charge on any atom is 0.269 e. The minimum atomic E-state index is -0.417. The van der Waals surface area contributed by atoms with Gasteiger partial charge in [0.1, 0.15) is 0 Å².